The van der Waals surface area contributed by atoms with Crippen LogP contribution in [0.5, 0.6) is 0 Å². The first-order valence-corrected chi connectivity index (χ1v) is 3.13. The molecule has 0 radical (unpaired) electrons. The van der Waals surface area contributed by atoms with Crippen LogP contribution in [0.2, 0.25) is 0 Å². The van der Waals surface area contributed by atoms with Crippen LogP contribution in [0.15, 0.2) is 11.7 Å². The maximum atomic E-state index is 9.03. The van der Waals surface area contributed by atoms with Crippen LogP contribution in [0.3, 0.4) is 0 Å². The molecule has 64 valence electrons. The summed E-state index contributed by atoms with van der Waals surface area (Å²) < 4.78 is 9.28. The van der Waals surface area contributed by atoms with Gasteiger partial charge in [0.1, 0.15) is 18.8 Å². The smallest absolute Gasteiger partial charge is 0.321 e. The van der Waals surface area contributed by atoms with E-state index in [2.05, 4.69) is 4.74 Å². The van der Waals surface area contributed by atoms with E-state index in [-0.39, 0.29) is 12.6 Å². The molecule has 0 spiro atoms. The Bertz CT molecular complexity index is 176. The zero-order valence-electron chi connectivity index (χ0n) is 6.02. The summed E-state index contributed by atoms with van der Waals surface area (Å²) in [6.07, 6.45) is -2.40. The van der Waals surface area contributed by atoms with Crippen LogP contribution in [0.25, 0.3) is 0 Å². The molecule has 0 saturated heterocycles. The first-order chi connectivity index (χ1) is 5.16. The van der Waals surface area contributed by atoms with Crippen molar-refractivity contribution in [2.45, 2.75) is 12.2 Å². The molecule has 1 unspecified atom stereocenters. The quantitative estimate of drug-likeness (QED) is 0.466. The van der Waals surface area contributed by atoms with Crippen LogP contribution in [-0.2, 0) is 9.47 Å². The maximum absolute atomic E-state index is 9.03. The number of methoxy groups -OCH3 is 1. The van der Waals surface area contributed by atoms with Crippen LogP contribution < -0.4 is 0 Å². The van der Waals surface area contributed by atoms with Crippen molar-refractivity contribution in [1.29, 1.82) is 0 Å². The molecule has 0 aliphatic carbocycles. The summed E-state index contributed by atoms with van der Waals surface area (Å²) in [7, 11) is 1.30. The topological polar surface area (TPSA) is 79.2 Å². The van der Waals surface area contributed by atoms with Crippen LogP contribution >= 0.6 is 0 Å². The Kier molecular flexibility index (Phi) is 2.21. The predicted octanol–water partition coefficient (Wildman–Crippen LogP) is -0.888. The van der Waals surface area contributed by atoms with Gasteiger partial charge in [-0.1, -0.05) is 0 Å². The highest BCUT2D eigenvalue weighted by Gasteiger charge is 2.30. The summed E-state index contributed by atoms with van der Waals surface area (Å²) in [5.41, 5.74) is 0. The Balaban J connectivity index is 2.78. The molecule has 0 aromatic carbocycles. The van der Waals surface area contributed by atoms with Crippen molar-refractivity contribution < 1.29 is 24.8 Å². The third-order valence-corrected chi connectivity index (χ3v) is 1.42. The molecule has 3 N–H and O–H groups in total. The predicted molar refractivity (Wildman–Crippen MR) is 34.6 cm³/mol. The molecule has 0 bridgehead atoms. The molecule has 1 aliphatic rings. The van der Waals surface area contributed by atoms with Gasteiger partial charge in [-0.25, -0.2) is 0 Å². The minimum absolute atomic E-state index is 0.0750. The van der Waals surface area contributed by atoms with Crippen LogP contribution in [0, 0.1) is 0 Å². The SMILES string of the molecule is COC1=C(O)C(O)[C@H](O)CO1. The van der Waals surface area contributed by atoms with E-state index >= 15 is 0 Å². The number of ether oxygens (including phenoxy) is 2. The van der Waals surface area contributed by atoms with E-state index < -0.39 is 18.0 Å². The summed E-state index contributed by atoms with van der Waals surface area (Å²) >= 11 is 0. The Hall–Kier alpha value is -0.940. The number of rotatable bonds is 1. The second kappa shape index (κ2) is 2.98. The number of hydrogen-bond acceptors (Lipinski definition) is 5. The van der Waals surface area contributed by atoms with Gasteiger partial charge in [0.15, 0.2) is 0 Å². The summed E-state index contributed by atoms with van der Waals surface area (Å²) in [6, 6.07) is 0. The summed E-state index contributed by atoms with van der Waals surface area (Å²) in [5, 5.41) is 27.0. The van der Waals surface area contributed by atoms with Crippen molar-refractivity contribution in [1.82, 2.24) is 0 Å². The first kappa shape index (κ1) is 8.16. The fourth-order valence-electron chi connectivity index (χ4n) is 0.793. The molecule has 0 aromatic rings. The van der Waals surface area contributed by atoms with Gasteiger partial charge in [0, 0.05) is 0 Å². The van der Waals surface area contributed by atoms with E-state index in [0.717, 1.165) is 0 Å². The van der Waals surface area contributed by atoms with Gasteiger partial charge >= 0.3 is 5.95 Å². The molecule has 1 aliphatic heterocycles. The fraction of sp³-hybridized carbons (Fsp3) is 0.667. The van der Waals surface area contributed by atoms with Crippen molar-refractivity contribution in [3.8, 4) is 0 Å². The Labute approximate surface area is 63.5 Å². The summed E-state index contributed by atoms with van der Waals surface area (Å²) in [4.78, 5) is 0. The number of aliphatic hydroxyl groups excluding tert-OH is 3. The van der Waals surface area contributed by atoms with Crippen molar-refractivity contribution in [3.05, 3.63) is 11.7 Å². The number of hydrogen-bond donors (Lipinski definition) is 3. The third kappa shape index (κ3) is 1.38. The molecule has 1 rings (SSSR count). The molecule has 1 heterocycles. The van der Waals surface area contributed by atoms with Gasteiger partial charge in [0.05, 0.1) is 7.11 Å². The van der Waals surface area contributed by atoms with Crippen molar-refractivity contribution >= 4 is 0 Å². The second-order valence-corrected chi connectivity index (χ2v) is 2.20. The molecule has 11 heavy (non-hydrogen) atoms. The van der Waals surface area contributed by atoms with E-state index in [1.54, 1.807) is 0 Å². The largest absolute Gasteiger partial charge is 0.504 e. The van der Waals surface area contributed by atoms with Crippen LogP contribution in [-0.4, -0.2) is 41.2 Å². The minimum Gasteiger partial charge on any atom is -0.504 e. The Morgan fingerprint density at radius 1 is 1.55 bits per heavy atom. The average molecular weight is 162 g/mol. The van der Waals surface area contributed by atoms with E-state index in [9.17, 15) is 0 Å². The van der Waals surface area contributed by atoms with E-state index in [0.29, 0.717) is 0 Å². The van der Waals surface area contributed by atoms with E-state index in [1.807, 2.05) is 0 Å². The lowest BCUT2D eigenvalue weighted by Crippen LogP contribution is -2.37. The van der Waals surface area contributed by atoms with Crippen LogP contribution in [0.4, 0.5) is 0 Å². The maximum Gasteiger partial charge on any atom is 0.321 e. The van der Waals surface area contributed by atoms with Crippen molar-refractivity contribution in [2.75, 3.05) is 13.7 Å². The molecule has 0 aromatic heterocycles. The van der Waals surface area contributed by atoms with Crippen molar-refractivity contribution in [2.24, 2.45) is 0 Å². The highest BCUT2D eigenvalue weighted by Crippen LogP contribution is 2.17. The lowest BCUT2D eigenvalue weighted by atomic mass is 10.1. The first-order valence-electron chi connectivity index (χ1n) is 3.13. The number of aliphatic hydroxyl groups is 3. The lowest BCUT2D eigenvalue weighted by molar-refractivity contribution is -0.0862. The zero-order valence-corrected chi connectivity index (χ0v) is 6.02. The monoisotopic (exact) mass is 162 g/mol. The summed E-state index contributed by atoms with van der Waals surface area (Å²) in [5.74, 6) is -0.603. The van der Waals surface area contributed by atoms with Crippen LogP contribution in [0.1, 0.15) is 0 Å². The van der Waals surface area contributed by atoms with Gasteiger partial charge in [-0.05, 0) is 0 Å². The van der Waals surface area contributed by atoms with Gasteiger partial charge in [-0.15, -0.1) is 0 Å². The molecule has 2 atom stereocenters. The molecule has 0 amide bonds. The normalized spacial score (nSPS) is 31.5. The van der Waals surface area contributed by atoms with Gasteiger partial charge in [0.25, 0.3) is 0 Å². The molecule has 5 nitrogen and oxygen atoms in total. The zero-order chi connectivity index (χ0) is 8.43. The third-order valence-electron chi connectivity index (χ3n) is 1.42. The second-order valence-electron chi connectivity index (χ2n) is 2.20. The minimum atomic E-state index is -1.31. The van der Waals surface area contributed by atoms with Gasteiger partial charge in [-0.3, -0.25) is 0 Å². The fourth-order valence-corrected chi connectivity index (χ4v) is 0.793. The lowest BCUT2D eigenvalue weighted by Gasteiger charge is -2.24. The molecule has 5 heteroatoms. The summed E-state index contributed by atoms with van der Waals surface area (Å²) in [6.45, 7) is -0.0750. The Morgan fingerprint density at radius 3 is 2.73 bits per heavy atom. The van der Waals surface area contributed by atoms with Crippen molar-refractivity contribution in [3.63, 3.8) is 0 Å². The molecular weight excluding hydrogens is 152 g/mol. The standard InChI is InChI=1S/C6H10O5/c1-10-6-5(9)4(8)3(7)2-11-6/h3-4,7-9H,2H2,1H3/t3-,4?/m1/s1. The Morgan fingerprint density at radius 2 is 2.18 bits per heavy atom. The van der Waals surface area contributed by atoms with Gasteiger partial charge < -0.3 is 24.8 Å². The van der Waals surface area contributed by atoms with Gasteiger partial charge in [0.2, 0.25) is 5.76 Å². The molecule has 0 saturated carbocycles. The van der Waals surface area contributed by atoms with E-state index in [1.165, 1.54) is 7.11 Å². The average Bonchev–Trinajstić information content (AvgIpc) is 2.01. The highest BCUT2D eigenvalue weighted by atomic mass is 16.7. The van der Waals surface area contributed by atoms with Gasteiger partial charge in [-0.2, -0.15) is 0 Å². The highest BCUT2D eigenvalue weighted by molar-refractivity contribution is 5.05. The molecule has 0 fully saturated rings. The van der Waals surface area contributed by atoms with E-state index in [4.69, 9.17) is 20.1 Å². The molecular formula is C6H10O5.